The fourth-order valence-electron chi connectivity index (χ4n) is 3.57. The fraction of sp³-hybridized carbons (Fsp3) is 0.440. The van der Waals surface area contributed by atoms with Crippen molar-refractivity contribution in [1.29, 1.82) is 0 Å². The van der Waals surface area contributed by atoms with Crippen molar-refractivity contribution in [2.45, 2.75) is 52.1 Å². The van der Waals surface area contributed by atoms with Gasteiger partial charge in [0.05, 0.1) is 11.9 Å². The normalized spacial score (nSPS) is 12.6. The molecule has 7 nitrogen and oxygen atoms in total. The first-order chi connectivity index (χ1) is 15.8. The Labute approximate surface area is 211 Å². The van der Waals surface area contributed by atoms with E-state index in [1.165, 1.54) is 4.90 Å². The minimum absolute atomic E-state index is 0.258. The summed E-state index contributed by atoms with van der Waals surface area (Å²) in [7, 11) is -3.74. The quantitative estimate of drug-likeness (QED) is 0.483. The lowest BCUT2D eigenvalue weighted by Crippen LogP contribution is -2.56. The maximum Gasteiger partial charge on any atom is 0.244 e. The van der Waals surface area contributed by atoms with Crippen LogP contribution in [0.4, 0.5) is 5.69 Å². The van der Waals surface area contributed by atoms with E-state index in [2.05, 4.69) is 21.2 Å². The van der Waals surface area contributed by atoms with E-state index >= 15 is 0 Å². The molecule has 186 valence electrons. The third kappa shape index (κ3) is 8.43. The van der Waals surface area contributed by atoms with E-state index in [-0.39, 0.29) is 12.5 Å². The number of carbonyl (C=O) groups excluding carboxylic acids is 2. The summed E-state index contributed by atoms with van der Waals surface area (Å²) >= 11 is 3.34. The summed E-state index contributed by atoms with van der Waals surface area (Å²) in [5.41, 5.74) is 0.947. The Morgan fingerprint density at radius 2 is 1.62 bits per heavy atom. The molecule has 1 atom stereocenters. The second-order valence-corrected chi connectivity index (χ2v) is 12.1. The predicted octanol–water partition coefficient (Wildman–Crippen LogP) is 3.98. The summed E-state index contributed by atoms with van der Waals surface area (Å²) in [4.78, 5) is 28.2. The van der Waals surface area contributed by atoms with Crippen molar-refractivity contribution in [2.24, 2.45) is 0 Å². The third-order valence-corrected chi connectivity index (χ3v) is 6.83. The number of nitrogens with zero attached hydrogens (tertiary/aromatic N) is 2. The first kappa shape index (κ1) is 27.9. The number of halogens is 1. The zero-order valence-corrected chi connectivity index (χ0v) is 22.8. The van der Waals surface area contributed by atoms with Gasteiger partial charge in [-0.3, -0.25) is 13.9 Å². The number of rotatable bonds is 10. The van der Waals surface area contributed by atoms with Crippen LogP contribution in [0.1, 0.15) is 39.7 Å². The van der Waals surface area contributed by atoms with Crippen LogP contribution < -0.4 is 9.62 Å². The molecule has 0 fully saturated rings. The third-order valence-electron chi connectivity index (χ3n) is 5.16. The molecule has 0 radical (unpaired) electrons. The van der Waals surface area contributed by atoms with Crippen LogP contribution in [0.3, 0.4) is 0 Å². The number of sulfonamides is 1. The molecule has 2 rings (SSSR count). The molecule has 0 spiro atoms. The number of benzene rings is 2. The molecule has 2 aromatic rings. The molecule has 1 N–H and O–H groups in total. The number of carbonyl (C=O) groups is 2. The Bertz CT molecular complexity index is 1070. The smallest absolute Gasteiger partial charge is 0.244 e. The number of amides is 2. The molecular weight excluding hydrogens is 518 g/mol. The summed E-state index contributed by atoms with van der Waals surface area (Å²) in [6.07, 6.45) is 2.02. The van der Waals surface area contributed by atoms with Crippen molar-refractivity contribution in [3.05, 3.63) is 64.6 Å². The molecule has 0 aliphatic heterocycles. The summed E-state index contributed by atoms with van der Waals surface area (Å²) in [6, 6.07) is 15.7. The highest BCUT2D eigenvalue weighted by molar-refractivity contribution is 9.10. The van der Waals surface area contributed by atoms with Gasteiger partial charge in [0, 0.05) is 16.6 Å². The molecule has 2 amide bonds. The van der Waals surface area contributed by atoms with Gasteiger partial charge in [0.15, 0.2) is 0 Å². The van der Waals surface area contributed by atoms with Gasteiger partial charge >= 0.3 is 0 Å². The SMILES string of the molecule is CC[C@H](C(=O)NC(C)(C)C)N(CCc1ccccc1)C(=O)CN(c1ccc(Br)cc1)S(C)(=O)=O. The zero-order valence-electron chi connectivity index (χ0n) is 20.4. The van der Waals surface area contributed by atoms with Crippen molar-refractivity contribution in [2.75, 3.05) is 23.7 Å². The monoisotopic (exact) mass is 551 g/mol. The van der Waals surface area contributed by atoms with E-state index in [1.807, 2.05) is 58.0 Å². The van der Waals surface area contributed by atoms with E-state index in [4.69, 9.17) is 0 Å². The first-order valence-electron chi connectivity index (χ1n) is 11.2. The average Bonchev–Trinajstić information content (AvgIpc) is 2.74. The summed E-state index contributed by atoms with van der Waals surface area (Å²) in [5, 5.41) is 2.96. The van der Waals surface area contributed by atoms with Crippen molar-refractivity contribution in [3.8, 4) is 0 Å². The average molecular weight is 553 g/mol. The summed E-state index contributed by atoms with van der Waals surface area (Å²) in [6.45, 7) is 7.39. The fourth-order valence-corrected chi connectivity index (χ4v) is 4.68. The maximum absolute atomic E-state index is 13.6. The van der Waals surface area contributed by atoms with Gasteiger partial charge in [0.25, 0.3) is 0 Å². The zero-order chi connectivity index (χ0) is 25.5. The molecule has 2 aromatic carbocycles. The van der Waals surface area contributed by atoms with E-state index in [1.54, 1.807) is 24.3 Å². The number of anilines is 1. The molecule has 0 bridgehead atoms. The molecule has 0 aliphatic rings. The lowest BCUT2D eigenvalue weighted by molar-refractivity contribution is -0.140. The Hall–Kier alpha value is -2.39. The Balaban J connectivity index is 2.36. The van der Waals surface area contributed by atoms with Crippen molar-refractivity contribution < 1.29 is 18.0 Å². The van der Waals surface area contributed by atoms with Crippen LogP contribution in [-0.4, -0.2) is 56.1 Å². The van der Waals surface area contributed by atoms with Gasteiger partial charge in [-0.05, 0) is 63.4 Å². The Kier molecular flexibility index (Phi) is 9.70. The van der Waals surface area contributed by atoms with Crippen molar-refractivity contribution >= 4 is 43.5 Å². The molecular formula is C25H34BrN3O4S. The highest BCUT2D eigenvalue weighted by atomic mass is 79.9. The van der Waals surface area contributed by atoms with E-state index in [9.17, 15) is 18.0 Å². The second kappa shape index (κ2) is 11.8. The largest absolute Gasteiger partial charge is 0.350 e. The van der Waals surface area contributed by atoms with Gasteiger partial charge in [0.2, 0.25) is 21.8 Å². The van der Waals surface area contributed by atoms with Gasteiger partial charge in [-0.1, -0.05) is 53.2 Å². The topological polar surface area (TPSA) is 86.8 Å². The molecule has 34 heavy (non-hydrogen) atoms. The Morgan fingerprint density at radius 1 is 1.03 bits per heavy atom. The second-order valence-electron chi connectivity index (χ2n) is 9.23. The lowest BCUT2D eigenvalue weighted by Gasteiger charge is -2.34. The highest BCUT2D eigenvalue weighted by Gasteiger charge is 2.32. The van der Waals surface area contributed by atoms with Crippen LogP contribution >= 0.6 is 15.9 Å². The lowest BCUT2D eigenvalue weighted by atomic mass is 10.1. The van der Waals surface area contributed by atoms with Crippen LogP contribution in [0.5, 0.6) is 0 Å². The predicted molar refractivity (Wildman–Crippen MR) is 140 cm³/mol. The van der Waals surface area contributed by atoms with E-state index in [0.29, 0.717) is 18.5 Å². The molecule has 0 saturated heterocycles. The molecule has 0 heterocycles. The van der Waals surface area contributed by atoms with Crippen LogP contribution in [-0.2, 0) is 26.0 Å². The highest BCUT2D eigenvalue weighted by Crippen LogP contribution is 2.21. The van der Waals surface area contributed by atoms with E-state index < -0.39 is 34.1 Å². The van der Waals surface area contributed by atoms with Gasteiger partial charge in [-0.2, -0.15) is 0 Å². The molecule has 0 unspecified atom stereocenters. The van der Waals surface area contributed by atoms with Gasteiger partial charge in [-0.25, -0.2) is 8.42 Å². The minimum atomic E-state index is -3.74. The van der Waals surface area contributed by atoms with E-state index in [0.717, 1.165) is 20.6 Å². The van der Waals surface area contributed by atoms with Crippen molar-refractivity contribution in [3.63, 3.8) is 0 Å². The molecule has 0 saturated carbocycles. The molecule has 0 aliphatic carbocycles. The van der Waals surface area contributed by atoms with Crippen LogP contribution in [0.2, 0.25) is 0 Å². The number of hydrogen-bond donors (Lipinski definition) is 1. The van der Waals surface area contributed by atoms with Gasteiger partial charge < -0.3 is 10.2 Å². The maximum atomic E-state index is 13.6. The molecule has 0 aromatic heterocycles. The summed E-state index contributed by atoms with van der Waals surface area (Å²) in [5.74, 6) is -0.689. The van der Waals surface area contributed by atoms with Crippen LogP contribution in [0.15, 0.2) is 59.1 Å². The van der Waals surface area contributed by atoms with Gasteiger partial charge in [-0.15, -0.1) is 0 Å². The molecule has 9 heteroatoms. The number of hydrogen-bond acceptors (Lipinski definition) is 4. The standard InChI is InChI=1S/C25H34BrN3O4S/c1-6-22(24(31)27-25(2,3)4)28(17-16-19-10-8-7-9-11-19)23(30)18-29(34(5,32)33)21-14-12-20(26)13-15-21/h7-15,22H,6,16-18H2,1-5H3,(H,27,31)/t22-/m1/s1. The van der Waals surface area contributed by atoms with Crippen LogP contribution in [0, 0.1) is 0 Å². The first-order valence-corrected chi connectivity index (χ1v) is 13.8. The van der Waals surface area contributed by atoms with Gasteiger partial charge in [0.1, 0.15) is 12.6 Å². The Morgan fingerprint density at radius 3 is 2.12 bits per heavy atom. The number of nitrogens with one attached hydrogen (secondary N) is 1. The minimum Gasteiger partial charge on any atom is -0.350 e. The van der Waals surface area contributed by atoms with Crippen molar-refractivity contribution in [1.82, 2.24) is 10.2 Å². The van der Waals surface area contributed by atoms with Crippen LogP contribution in [0.25, 0.3) is 0 Å². The summed E-state index contributed by atoms with van der Waals surface area (Å²) < 4.78 is 27.0.